The molecule has 0 N–H and O–H groups in total. The standard InChI is InChI=1S/C11H8BrFN4/c12-9-6-15-17-7-16(4-2-10(9)17)8-1-3-14-11(13)5-8/h1-6H,7H2. The van der Waals surface area contributed by atoms with Crippen LogP contribution in [0, 0.1) is 5.95 Å². The predicted molar refractivity (Wildman–Crippen MR) is 65.6 cm³/mol. The number of hydrogen-bond acceptors (Lipinski definition) is 3. The smallest absolute Gasteiger partial charge is 0.214 e. The first-order valence-electron chi connectivity index (χ1n) is 5.02. The minimum atomic E-state index is -0.483. The lowest BCUT2D eigenvalue weighted by Gasteiger charge is -2.24. The van der Waals surface area contributed by atoms with Crippen LogP contribution in [0.4, 0.5) is 10.1 Å². The molecule has 3 heterocycles. The normalized spacial score (nSPS) is 13.9. The summed E-state index contributed by atoms with van der Waals surface area (Å²) in [4.78, 5) is 5.44. The van der Waals surface area contributed by atoms with Gasteiger partial charge >= 0.3 is 0 Å². The molecule has 4 nitrogen and oxygen atoms in total. The second-order valence-electron chi connectivity index (χ2n) is 3.64. The van der Waals surface area contributed by atoms with Crippen molar-refractivity contribution in [3.8, 4) is 0 Å². The molecular formula is C11H8BrFN4. The third kappa shape index (κ3) is 1.84. The highest BCUT2D eigenvalue weighted by atomic mass is 79.9. The molecule has 0 fully saturated rings. The predicted octanol–water partition coefficient (Wildman–Crippen LogP) is 2.63. The molecule has 17 heavy (non-hydrogen) atoms. The van der Waals surface area contributed by atoms with Crippen LogP contribution in [0.15, 0.2) is 35.2 Å². The first kappa shape index (κ1) is 10.5. The Morgan fingerprint density at radius 2 is 2.29 bits per heavy atom. The average molecular weight is 295 g/mol. The molecule has 0 aromatic carbocycles. The Morgan fingerprint density at radius 1 is 1.41 bits per heavy atom. The summed E-state index contributed by atoms with van der Waals surface area (Å²) in [6.45, 7) is 0.556. The molecule has 2 aromatic rings. The fourth-order valence-electron chi connectivity index (χ4n) is 1.74. The lowest BCUT2D eigenvalue weighted by atomic mass is 10.3. The summed E-state index contributed by atoms with van der Waals surface area (Å²) in [5, 5.41) is 4.22. The monoisotopic (exact) mass is 294 g/mol. The van der Waals surface area contributed by atoms with Gasteiger partial charge < -0.3 is 4.90 Å². The van der Waals surface area contributed by atoms with Crippen molar-refractivity contribution in [2.45, 2.75) is 6.67 Å². The van der Waals surface area contributed by atoms with E-state index >= 15 is 0 Å². The van der Waals surface area contributed by atoms with Gasteiger partial charge in [-0.1, -0.05) is 0 Å². The zero-order valence-electron chi connectivity index (χ0n) is 8.72. The van der Waals surface area contributed by atoms with Gasteiger partial charge in [0, 0.05) is 24.2 Å². The highest BCUT2D eigenvalue weighted by Crippen LogP contribution is 2.24. The summed E-state index contributed by atoms with van der Waals surface area (Å²) in [5.74, 6) is -0.483. The van der Waals surface area contributed by atoms with E-state index in [1.165, 1.54) is 12.3 Å². The van der Waals surface area contributed by atoms with Crippen molar-refractivity contribution < 1.29 is 4.39 Å². The number of pyridine rings is 1. The Kier molecular flexibility index (Phi) is 2.44. The number of hydrogen-bond donors (Lipinski definition) is 0. The van der Waals surface area contributed by atoms with E-state index in [4.69, 9.17) is 0 Å². The minimum Gasteiger partial charge on any atom is -0.328 e. The minimum absolute atomic E-state index is 0.483. The number of nitrogens with zero attached hydrogens (tertiary/aromatic N) is 4. The zero-order valence-corrected chi connectivity index (χ0v) is 10.3. The quantitative estimate of drug-likeness (QED) is 0.758. The Hall–Kier alpha value is -1.69. The molecule has 1 aliphatic rings. The summed E-state index contributed by atoms with van der Waals surface area (Å²) >= 11 is 3.42. The van der Waals surface area contributed by atoms with Gasteiger partial charge in [0.2, 0.25) is 5.95 Å². The van der Waals surface area contributed by atoms with E-state index in [1.54, 1.807) is 12.3 Å². The van der Waals surface area contributed by atoms with E-state index in [-0.39, 0.29) is 0 Å². The SMILES string of the molecule is Fc1cc(N2C=Cc3c(Br)cnn3C2)ccn1. The Balaban J connectivity index is 1.95. The average Bonchev–Trinajstić information content (AvgIpc) is 2.71. The maximum absolute atomic E-state index is 13.0. The van der Waals surface area contributed by atoms with Gasteiger partial charge in [0.1, 0.15) is 6.67 Å². The van der Waals surface area contributed by atoms with Crippen LogP contribution >= 0.6 is 15.9 Å². The molecule has 0 unspecified atom stereocenters. The van der Waals surface area contributed by atoms with Gasteiger partial charge in [-0.25, -0.2) is 9.67 Å². The molecule has 1 aliphatic heterocycles. The molecule has 2 aromatic heterocycles. The summed E-state index contributed by atoms with van der Waals surface area (Å²) in [6.07, 6.45) is 7.03. The summed E-state index contributed by atoms with van der Waals surface area (Å²) < 4.78 is 15.8. The molecule has 0 aliphatic carbocycles. The molecule has 0 atom stereocenters. The molecule has 0 bridgehead atoms. The third-order valence-electron chi connectivity index (χ3n) is 2.57. The van der Waals surface area contributed by atoms with Crippen molar-refractivity contribution in [2.75, 3.05) is 4.90 Å². The first-order valence-corrected chi connectivity index (χ1v) is 5.81. The summed E-state index contributed by atoms with van der Waals surface area (Å²) in [6, 6.07) is 3.16. The van der Waals surface area contributed by atoms with Crippen molar-refractivity contribution in [2.24, 2.45) is 0 Å². The van der Waals surface area contributed by atoms with Crippen LogP contribution in [0.3, 0.4) is 0 Å². The van der Waals surface area contributed by atoms with E-state index in [0.29, 0.717) is 6.67 Å². The van der Waals surface area contributed by atoms with E-state index < -0.39 is 5.95 Å². The van der Waals surface area contributed by atoms with Crippen LogP contribution in [0.25, 0.3) is 6.08 Å². The van der Waals surface area contributed by atoms with Crippen LogP contribution in [0.2, 0.25) is 0 Å². The highest BCUT2D eigenvalue weighted by molar-refractivity contribution is 9.10. The number of aromatic nitrogens is 3. The van der Waals surface area contributed by atoms with Crippen LogP contribution in [-0.2, 0) is 6.67 Å². The lowest BCUT2D eigenvalue weighted by Crippen LogP contribution is -2.25. The molecule has 6 heteroatoms. The number of rotatable bonds is 1. The van der Waals surface area contributed by atoms with Gasteiger partial charge in [0.25, 0.3) is 0 Å². The van der Waals surface area contributed by atoms with Crippen molar-refractivity contribution in [3.63, 3.8) is 0 Å². The Morgan fingerprint density at radius 3 is 3.12 bits per heavy atom. The molecular weight excluding hydrogens is 287 g/mol. The largest absolute Gasteiger partial charge is 0.328 e. The van der Waals surface area contributed by atoms with Crippen molar-refractivity contribution in [3.05, 3.63) is 46.8 Å². The zero-order chi connectivity index (χ0) is 11.8. The second-order valence-corrected chi connectivity index (χ2v) is 4.50. The highest BCUT2D eigenvalue weighted by Gasteiger charge is 2.14. The fraction of sp³-hybridized carbons (Fsp3) is 0.0909. The second kappa shape index (κ2) is 3.96. The van der Waals surface area contributed by atoms with E-state index in [9.17, 15) is 4.39 Å². The van der Waals surface area contributed by atoms with E-state index in [1.807, 2.05) is 21.9 Å². The Bertz CT molecular complexity index is 593. The first-order chi connectivity index (χ1) is 8.24. The van der Waals surface area contributed by atoms with E-state index in [2.05, 4.69) is 26.0 Å². The van der Waals surface area contributed by atoms with Crippen LogP contribution < -0.4 is 4.90 Å². The van der Waals surface area contributed by atoms with Gasteiger partial charge in [-0.05, 0) is 28.1 Å². The van der Waals surface area contributed by atoms with E-state index in [0.717, 1.165) is 15.9 Å². The van der Waals surface area contributed by atoms with Crippen LogP contribution in [-0.4, -0.2) is 14.8 Å². The lowest BCUT2D eigenvalue weighted by molar-refractivity contribution is 0.577. The van der Waals surface area contributed by atoms with Gasteiger partial charge in [0.15, 0.2) is 0 Å². The van der Waals surface area contributed by atoms with Gasteiger partial charge in [0.05, 0.1) is 16.4 Å². The maximum Gasteiger partial charge on any atom is 0.214 e. The molecule has 0 amide bonds. The van der Waals surface area contributed by atoms with Crippen molar-refractivity contribution >= 4 is 27.7 Å². The third-order valence-corrected chi connectivity index (χ3v) is 3.18. The van der Waals surface area contributed by atoms with Crippen molar-refractivity contribution in [1.82, 2.24) is 14.8 Å². The summed E-state index contributed by atoms with van der Waals surface area (Å²) in [7, 11) is 0. The summed E-state index contributed by atoms with van der Waals surface area (Å²) in [5.41, 5.74) is 1.77. The molecule has 0 saturated heterocycles. The molecule has 0 spiro atoms. The molecule has 0 radical (unpaired) electrons. The number of anilines is 1. The van der Waals surface area contributed by atoms with Crippen LogP contribution in [0.1, 0.15) is 5.69 Å². The van der Waals surface area contributed by atoms with Crippen LogP contribution in [0.5, 0.6) is 0 Å². The number of fused-ring (bicyclic) bond motifs is 1. The Labute approximate surface area is 106 Å². The van der Waals surface area contributed by atoms with Gasteiger partial charge in [-0.15, -0.1) is 0 Å². The fourth-order valence-corrected chi connectivity index (χ4v) is 2.17. The maximum atomic E-state index is 13.0. The van der Waals surface area contributed by atoms with Crippen molar-refractivity contribution in [1.29, 1.82) is 0 Å². The van der Waals surface area contributed by atoms with Gasteiger partial charge in [-0.3, -0.25) is 0 Å². The number of halogens is 2. The van der Waals surface area contributed by atoms with Gasteiger partial charge in [-0.2, -0.15) is 9.49 Å². The molecule has 86 valence electrons. The topological polar surface area (TPSA) is 34.0 Å². The molecule has 3 rings (SSSR count). The molecule has 0 saturated carbocycles.